The number of hydrogen-bond donors (Lipinski definition) is 2. The summed E-state index contributed by atoms with van der Waals surface area (Å²) >= 11 is 0. The van der Waals surface area contributed by atoms with Gasteiger partial charge in [0.05, 0.1) is 26.2 Å². The van der Waals surface area contributed by atoms with Gasteiger partial charge in [0.2, 0.25) is 5.95 Å². The van der Waals surface area contributed by atoms with Crippen LogP contribution in [0.1, 0.15) is 11.6 Å². The summed E-state index contributed by atoms with van der Waals surface area (Å²) in [6, 6.07) is 17.1. The lowest BCUT2D eigenvalue weighted by Gasteiger charge is -2.36. The number of piperazine rings is 1. The molecule has 1 saturated heterocycles. The van der Waals surface area contributed by atoms with Gasteiger partial charge in [0, 0.05) is 23.6 Å². The van der Waals surface area contributed by atoms with Crippen molar-refractivity contribution in [1.29, 1.82) is 0 Å². The average Bonchev–Trinajstić information content (AvgIpc) is 2.77. The Morgan fingerprint density at radius 2 is 1.62 bits per heavy atom. The van der Waals surface area contributed by atoms with Crippen molar-refractivity contribution in [3.63, 3.8) is 0 Å². The van der Waals surface area contributed by atoms with Gasteiger partial charge < -0.3 is 15.1 Å². The molecule has 1 aliphatic rings. The minimum absolute atomic E-state index is 0.0952. The van der Waals surface area contributed by atoms with E-state index in [4.69, 9.17) is 0 Å². The highest BCUT2D eigenvalue weighted by Crippen LogP contribution is 2.15. The van der Waals surface area contributed by atoms with Gasteiger partial charge in [-0.15, -0.1) is 0 Å². The summed E-state index contributed by atoms with van der Waals surface area (Å²) in [4.78, 5) is 25.2. The van der Waals surface area contributed by atoms with Gasteiger partial charge in [-0.2, -0.15) is 0 Å². The zero-order valence-corrected chi connectivity index (χ0v) is 16.0. The van der Waals surface area contributed by atoms with E-state index in [0.29, 0.717) is 5.69 Å². The van der Waals surface area contributed by atoms with Crippen molar-refractivity contribution >= 4 is 17.5 Å². The molecule has 0 spiro atoms. The summed E-state index contributed by atoms with van der Waals surface area (Å²) in [5.74, 6) is 0.299. The van der Waals surface area contributed by atoms with Crippen LogP contribution in [0.4, 0.5) is 16.0 Å². The molecule has 2 N–H and O–H groups in total. The van der Waals surface area contributed by atoms with Crippen LogP contribution in [-0.2, 0) is 4.79 Å². The molecule has 6 nitrogen and oxygen atoms in total. The van der Waals surface area contributed by atoms with Crippen LogP contribution >= 0.6 is 0 Å². The van der Waals surface area contributed by atoms with Crippen LogP contribution in [0, 0.1) is 5.82 Å². The largest absolute Gasteiger partial charge is 0.330 e. The summed E-state index contributed by atoms with van der Waals surface area (Å²) in [5, 5.41) is 2.94. The third-order valence-corrected chi connectivity index (χ3v) is 5.16. The Morgan fingerprint density at radius 3 is 2.28 bits per heavy atom. The molecule has 0 radical (unpaired) electrons. The average molecular weight is 392 g/mol. The molecule has 2 aromatic carbocycles. The maximum absolute atomic E-state index is 13.2. The number of aromatic nitrogens is 2. The molecule has 0 saturated carbocycles. The van der Waals surface area contributed by atoms with Crippen molar-refractivity contribution in [2.45, 2.75) is 6.04 Å². The van der Waals surface area contributed by atoms with E-state index in [1.807, 2.05) is 30.3 Å². The number of rotatable bonds is 5. The smallest absolute Gasteiger partial charge is 0.287 e. The van der Waals surface area contributed by atoms with Crippen LogP contribution in [0.15, 0.2) is 73.1 Å². The summed E-state index contributed by atoms with van der Waals surface area (Å²) in [7, 11) is 0. The number of quaternary nitrogens is 1. The fourth-order valence-electron chi connectivity index (χ4n) is 3.70. The molecule has 0 unspecified atom stereocenters. The Balaban J connectivity index is 1.51. The molecule has 1 aromatic heterocycles. The van der Waals surface area contributed by atoms with Crippen LogP contribution in [0.3, 0.4) is 0 Å². The summed E-state index contributed by atoms with van der Waals surface area (Å²) < 4.78 is 13.2. The molecule has 1 fully saturated rings. The number of nitrogens with zero attached hydrogens (tertiary/aromatic N) is 3. The summed E-state index contributed by atoms with van der Waals surface area (Å²) in [5.41, 5.74) is 1.56. The fraction of sp³-hybridized carbons (Fsp3) is 0.227. The number of carbonyl (C=O) groups is 1. The normalized spacial score (nSPS) is 15.7. The van der Waals surface area contributed by atoms with E-state index in [1.165, 1.54) is 17.0 Å². The van der Waals surface area contributed by atoms with Crippen LogP contribution < -0.4 is 15.1 Å². The molecular formula is C22H23FN5O+. The van der Waals surface area contributed by atoms with Crippen molar-refractivity contribution in [2.75, 3.05) is 36.4 Å². The first-order valence-corrected chi connectivity index (χ1v) is 9.68. The lowest BCUT2D eigenvalue weighted by atomic mass is 10.0. The Labute approximate surface area is 169 Å². The third kappa shape index (κ3) is 4.57. The van der Waals surface area contributed by atoms with E-state index in [1.54, 1.807) is 30.6 Å². The monoisotopic (exact) mass is 392 g/mol. The molecule has 3 aromatic rings. The van der Waals surface area contributed by atoms with Crippen molar-refractivity contribution in [2.24, 2.45) is 0 Å². The SMILES string of the molecule is O=C(Nc1ccc(F)cc1)[C@@H](c1ccccc1)[NH+]1CCN(c2ncccn2)CC1. The van der Waals surface area contributed by atoms with Gasteiger partial charge in [-0.05, 0) is 30.3 Å². The predicted molar refractivity (Wildman–Crippen MR) is 109 cm³/mol. The van der Waals surface area contributed by atoms with Crippen LogP contribution in [0.25, 0.3) is 0 Å². The second-order valence-corrected chi connectivity index (χ2v) is 7.03. The maximum atomic E-state index is 13.2. The number of amides is 1. The van der Waals surface area contributed by atoms with Gasteiger partial charge >= 0.3 is 0 Å². The Hall–Kier alpha value is -3.32. The van der Waals surface area contributed by atoms with Crippen LogP contribution in [0.5, 0.6) is 0 Å². The molecule has 7 heteroatoms. The Morgan fingerprint density at radius 1 is 0.966 bits per heavy atom. The second kappa shape index (κ2) is 8.79. The molecule has 2 heterocycles. The standard InChI is InChI=1S/C22H22FN5O/c23-18-7-9-19(10-8-18)26-21(29)20(17-5-2-1-3-6-17)27-13-15-28(16-14-27)22-24-11-4-12-25-22/h1-12,20H,13-16H2,(H,26,29)/p+1/t20-/m1/s1. The third-order valence-electron chi connectivity index (χ3n) is 5.16. The zero-order valence-electron chi connectivity index (χ0n) is 16.0. The lowest BCUT2D eigenvalue weighted by molar-refractivity contribution is -0.922. The molecule has 4 rings (SSSR count). The first kappa shape index (κ1) is 19.0. The number of halogens is 1. The molecule has 1 atom stereocenters. The van der Waals surface area contributed by atoms with Gasteiger partial charge in [-0.25, -0.2) is 14.4 Å². The molecule has 1 aliphatic heterocycles. The van der Waals surface area contributed by atoms with Crippen LogP contribution in [-0.4, -0.2) is 42.1 Å². The van der Waals surface area contributed by atoms with E-state index >= 15 is 0 Å². The minimum atomic E-state index is -0.347. The van der Waals surface area contributed by atoms with Gasteiger partial charge in [-0.1, -0.05) is 30.3 Å². The highest BCUT2D eigenvalue weighted by Gasteiger charge is 2.34. The van der Waals surface area contributed by atoms with Gasteiger partial charge in [0.25, 0.3) is 5.91 Å². The highest BCUT2D eigenvalue weighted by molar-refractivity contribution is 5.94. The van der Waals surface area contributed by atoms with E-state index in [-0.39, 0.29) is 17.8 Å². The number of nitrogens with one attached hydrogen (secondary N) is 2. The van der Waals surface area contributed by atoms with E-state index in [0.717, 1.165) is 37.7 Å². The highest BCUT2D eigenvalue weighted by atomic mass is 19.1. The molecule has 29 heavy (non-hydrogen) atoms. The lowest BCUT2D eigenvalue weighted by Crippen LogP contribution is -3.16. The first-order chi connectivity index (χ1) is 14.2. The number of anilines is 2. The maximum Gasteiger partial charge on any atom is 0.287 e. The molecular weight excluding hydrogens is 369 g/mol. The number of hydrogen-bond acceptors (Lipinski definition) is 4. The molecule has 148 valence electrons. The quantitative estimate of drug-likeness (QED) is 0.694. The van der Waals surface area contributed by atoms with Crippen molar-refractivity contribution in [3.8, 4) is 0 Å². The number of carbonyl (C=O) groups excluding carboxylic acids is 1. The zero-order chi connectivity index (χ0) is 20.1. The Bertz CT molecular complexity index is 928. The van der Waals surface area contributed by atoms with Crippen molar-refractivity contribution < 1.29 is 14.1 Å². The summed E-state index contributed by atoms with van der Waals surface area (Å²) in [6.45, 7) is 3.11. The summed E-state index contributed by atoms with van der Waals surface area (Å²) in [6.07, 6.45) is 3.48. The van der Waals surface area contributed by atoms with E-state index in [9.17, 15) is 9.18 Å². The predicted octanol–water partition coefficient (Wildman–Crippen LogP) is 1.70. The van der Waals surface area contributed by atoms with Gasteiger partial charge in [0.15, 0.2) is 6.04 Å². The van der Waals surface area contributed by atoms with Gasteiger partial charge in [-0.3, -0.25) is 4.79 Å². The molecule has 0 bridgehead atoms. The Kier molecular flexibility index (Phi) is 5.76. The topological polar surface area (TPSA) is 62.6 Å². The molecule has 1 amide bonds. The van der Waals surface area contributed by atoms with Crippen LogP contribution in [0.2, 0.25) is 0 Å². The fourth-order valence-corrected chi connectivity index (χ4v) is 3.70. The van der Waals surface area contributed by atoms with E-state index in [2.05, 4.69) is 20.2 Å². The minimum Gasteiger partial charge on any atom is -0.330 e. The van der Waals surface area contributed by atoms with E-state index < -0.39 is 0 Å². The molecule has 0 aliphatic carbocycles. The number of benzene rings is 2. The second-order valence-electron chi connectivity index (χ2n) is 7.03. The van der Waals surface area contributed by atoms with Crippen molar-refractivity contribution in [1.82, 2.24) is 9.97 Å². The first-order valence-electron chi connectivity index (χ1n) is 9.68. The van der Waals surface area contributed by atoms with Crippen molar-refractivity contribution in [3.05, 3.63) is 84.4 Å². The van der Waals surface area contributed by atoms with Gasteiger partial charge in [0.1, 0.15) is 5.82 Å².